The van der Waals surface area contributed by atoms with Gasteiger partial charge in [-0.15, -0.1) is 0 Å². The summed E-state index contributed by atoms with van der Waals surface area (Å²) in [7, 11) is 0. The number of benzene rings is 1. The predicted molar refractivity (Wildman–Crippen MR) is 108 cm³/mol. The summed E-state index contributed by atoms with van der Waals surface area (Å²) >= 11 is -0.760. The number of fused-ring (bicyclic) bond motifs is 3. The zero-order chi connectivity index (χ0) is 18.5. The number of para-hydroxylation sites is 1. The van der Waals surface area contributed by atoms with E-state index in [1.807, 2.05) is 18.2 Å². The zero-order valence-corrected chi connectivity index (χ0v) is 16.2. The second-order valence-electron chi connectivity index (χ2n) is 6.38. The number of aryl methyl sites for hydroxylation is 1. The minimum Gasteiger partial charge on any atom is -0.617 e. The number of nitrogen functional groups attached to an aromatic ring is 1. The van der Waals surface area contributed by atoms with Crippen LogP contribution in [0.25, 0.3) is 21.9 Å². The van der Waals surface area contributed by atoms with E-state index in [1.54, 1.807) is 6.26 Å². The van der Waals surface area contributed by atoms with Crippen molar-refractivity contribution in [2.24, 2.45) is 0 Å². The monoisotopic (exact) mass is 374 g/mol. The van der Waals surface area contributed by atoms with E-state index >= 15 is 0 Å². The van der Waals surface area contributed by atoms with Gasteiger partial charge in [-0.3, -0.25) is 0 Å². The molecule has 1 unspecified atom stereocenters. The molecule has 0 radical (unpaired) electrons. The molecule has 0 spiro atoms. The van der Waals surface area contributed by atoms with Gasteiger partial charge < -0.3 is 19.6 Å². The normalized spacial score (nSPS) is 12.9. The van der Waals surface area contributed by atoms with Gasteiger partial charge in [0.15, 0.2) is 5.82 Å². The smallest absolute Gasteiger partial charge is 0.152 e. The molecule has 1 atom stereocenters. The molecule has 0 saturated carbocycles. The van der Waals surface area contributed by atoms with Crippen molar-refractivity contribution in [3.63, 3.8) is 0 Å². The summed E-state index contributed by atoms with van der Waals surface area (Å²) in [5, 5.41) is 1.06. The van der Waals surface area contributed by atoms with E-state index < -0.39 is 11.2 Å². The zero-order valence-electron chi connectivity index (χ0n) is 15.4. The van der Waals surface area contributed by atoms with Crippen LogP contribution < -0.4 is 5.73 Å². The standard InChI is InChI=1S/C19H26N4O2S/c1-3-7-16-22-17-18(14-8-4-5-9-15(14)21-19(17)20)23(16)10-12-25-11-6-13-26(2)24/h4-5,8-9H,3,6-7,10-13H2,1-2H3,(H2,20,21). The fourth-order valence-electron chi connectivity index (χ4n) is 3.18. The summed E-state index contributed by atoms with van der Waals surface area (Å²) < 4.78 is 19.1. The summed E-state index contributed by atoms with van der Waals surface area (Å²) in [5.41, 5.74) is 8.87. The van der Waals surface area contributed by atoms with Gasteiger partial charge in [-0.05, 0) is 12.5 Å². The first kappa shape index (κ1) is 18.9. The number of aromatic nitrogens is 3. The van der Waals surface area contributed by atoms with Crippen molar-refractivity contribution in [3.05, 3.63) is 30.1 Å². The van der Waals surface area contributed by atoms with Crippen LogP contribution >= 0.6 is 0 Å². The minimum atomic E-state index is -0.760. The van der Waals surface area contributed by atoms with Gasteiger partial charge >= 0.3 is 0 Å². The lowest BCUT2D eigenvalue weighted by Crippen LogP contribution is -2.12. The lowest BCUT2D eigenvalue weighted by molar-refractivity contribution is 0.127. The molecule has 1 aromatic carbocycles. The van der Waals surface area contributed by atoms with E-state index in [1.165, 1.54) is 0 Å². The number of rotatable bonds is 9. The third-order valence-corrected chi connectivity index (χ3v) is 5.21. The second kappa shape index (κ2) is 8.70. The van der Waals surface area contributed by atoms with Crippen LogP contribution in [0.1, 0.15) is 25.6 Å². The van der Waals surface area contributed by atoms with Crippen LogP contribution in [0, 0.1) is 0 Å². The number of nitrogens with zero attached hydrogens (tertiary/aromatic N) is 3. The highest BCUT2D eigenvalue weighted by atomic mass is 32.2. The molecular weight excluding hydrogens is 348 g/mol. The Balaban J connectivity index is 1.88. The Labute approximate surface area is 156 Å². The van der Waals surface area contributed by atoms with Crippen molar-refractivity contribution >= 4 is 38.9 Å². The van der Waals surface area contributed by atoms with E-state index in [0.29, 0.717) is 31.3 Å². The fraction of sp³-hybridized carbons (Fsp3) is 0.474. The third-order valence-electron chi connectivity index (χ3n) is 4.34. The number of hydrogen-bond acceptors (Lipinski definition) is 5. The Kier molecular flexibility index (Phi) is 6.34. The van der Waals surface area contributed by atoms with Crippen molar-refractivity contribution in [1.29, 1.82) is 0 Å². The van der Waals surface area contributed by atoms with E-state index in [2.05, 4.69) is 22.5 Å². The maximum absolute atomic E-state index is 11.1. The molecule has 2 N–H and O–H groups in total. The summed E-state index contributed by atoms with van der Waals surface area (Å²) in [5.74, 6) is 2.17. The highest BCUT2D eigenvalue weighted by Gasteiger charge is 2.16. The molecule has 2 aromatic heterocycles. The Morgan fingerprint density at radius 1 is 1.23 bits per heavy atom. The van der Waals surface area contributed by atoms with Gasteiger partial charge in [-0.25, -0.2) is 9.97 Å². The van der Waals surface area contributed by atoms with Crippen LogP contribution in [0.4, 0.5) is 5.82 Å². The van der Waals surface area contributed by atoms with Gasteiger partial charge in [0.05, 0.1) is 30.5 Å². The van der Waals surface area contributed by atoms with Crippen LogP contribution in [0.2, 0.25) is 0 Å². The van der Waals surface area contributed by atoms with E-state index in [4.69, 9.17) is 15.5 Å². The number of anilines is 1. The molecular formula is C19H26N4O2S. The maximum Gasteiger partial charge on any atom is 0.152 e. The second-order valence-corrected chi connectivity index (χ2v) is 7.94. The van der Waals surface area contributed by atoms with Crippen molar-refractivity contribution < 1.29 is 9.29 Å². The molecule has 0 amide bonds. The Morgan fingerprint density at radius 3 is 2.81 bits per heavy atom. The van der Waals surface area contributed by atoms with Crippen LogP contribution in [0.15, 0.2) is 24.3 Å². The number of nitrogens with two attached hydrogens (primary N) is 1. The van der Waals surface area contributed by atoms with Gasteiger partial charge in [0.2, 0.25) is 0 Å². The van der Waals surface area contributed by atoms with Crippen molar-refractivity contribution in [3.8, 4) is 0 Å². The SMILES string of the molecule is CCCc1nc2c(N)nc3ccccc3c2n1CCOCCC[S+](C)[O-]. The van der Waals surface area contributed by atoms with Crippen LogP contribution in [-0.4, -0.2) is 44.3 Å². The molecule has 0 aliphatic carbocycles. The molecule has 0 saturated heterocycles. The minimum absolute atomic E-state index is 0.473. The van der Waals surface area contributed by atoms with E-state index in [9.17, 15) is 4.55 Å². The number of ether oxygens (including phenoxy) is 1. The molecule has 26 heavy (non-hydrogen) atoms. The largest absolute Gasteiger partial charge is 0.617 e. The fourth-order valence-corrected chi connectivity index (χ4v) is 3.71. The number of hydrogen-bond donors (Lipinski definition) is 1. The lowest BCUT2D eigenvalue weighted by Gasteiger charge is -2.11. The summed E-state index contributed by atoms with van der Waals surface area (Å²) in [6, 6.07) is 8.02. The number of imidazole rings is 1. The van der Waals surface area contributed by atoms with Gasteiger partial charge in [0.25, 0.3) is 0 Å². The predicted octanol–water partition coefficient (Wildman–Crippen LogP) is 2.90. The molecule has 0 aliphatic heterocycles. The van der Waals surface area contributed by atoms with Crippen LogP contribution in [0.3, 0.4) is 0 Å². The van der Waals surface area contributed by atoms with Gasteiger partial charge in [0, 0.05) is 24.8 Å². The Hall–Kier alpha value is -1.83. The first-order valence-corrected chi connectivity index (χ1v) is 10.8. The first-order valence-electron chi connectivity index (χ1n) is 9.03. The molecule has 7 heteroatoms. The maximum atomic E-state index is 11.1. The average molecular weight is 375 g/mol. The van der Waals surface area contributed by atoms with Gasteiger partial charge in [-0.1, -0.05) is 36.3 Å². The highest BCUT2D eigenvalue weighted by molar-refractivity contribution is 7.90. The Bertz CT molecular complexity index is 879. The third kappa shape index (κ3) is 4.11. The first-order chi connectivity index (χ1) is 12.6. The average Bonchev–Trinajstić information content (AvgIpc) is 2.97. The summed E-state index contributed by atoms with van der Waals surface area (Å²) in [6.07, 6.45) is 4.43. The van der Waals surface area contributed by atoms with E-state index in [0.717, 1.165) is 47.0 Å². The van der Waals surface area contributed by atoms with Crippen molar-refractivity contribution in [1.82, 2.24) is 14.5 Å². The summed E-state index contributed by atoms with van der Waals surface area (Å²) in [6.45, 7) is 4.08. The van der Waals surface area contributed by atoms with Crippen LogP contribution in [-0.2, 0) is 28.9 Å². The quantitative estimate of drug-likeness (QED) is 0.459. The molecule has 0 aliphatic rings. The molecule has 6 nitrogen and oxygen atoms in total. The Morgan fingerprint density at radius 2 is 2.04 bits per heavy atom. The molecule has 3 aromatic rings. The summed E-state index contributed by atoms with van der Waals surface area (Å²) in [4.78, 5) is 9.27. The molecule has 0 fully saturated rings. The van der Waals surface area contributed by atoms with Crippen LogP contribution in [0.5, 0.6) is 0 Å². The molecule has 2 heterocycles. The van der Waals surface area contributed by atoms with Crippen molar-refractivity contribution in [2.75, 3.05) is 31.0 Å². The van der Waals surface area contributed by atoms with E-state index in [-0.39, 0.29) is 0 Å². The highest BCUT2D eigenvalue weighted by Crippen LogP contribution is 2.29. The van der Waals surface area contributed by atoms with Gasteiger partial charge in [0.1, 0.15) is 17.1 Å². The number of pyridine rings is 1. The molecule has 3 rings (SSSR count). The van der Waals surface area contributed by atoms with Gasteiger partial charge in [-0.2, -0.15) is 0 Å². The molecule has 0 bridgehead atoms. The molecule has 140 valence electrons. The van der Waals surface area contributed by atoms with Crippen molar-refractivity contribution in [2.45, 2.75) is 32.7 Å². The lowest BCUT2D eigenvalue weighted by atomic mass is 10.2. The topological polar surface area (TPSA) is 89.0 Å².